The van der Waals surface area contributed by atoms with Crippen LogP contribution >= 0.6 is 11.6 Å². The highest BCUT2D eigenvalue weighted by Gasteiger charge is 2.11. The van der Waals surface area contributed by atoms with Gasteiger partial charge in [-0.15, -0.1) is 0 Å². The number of hydrogen-bond donors (Lipinski definition) is 2. The quantitative estimate of drug-likeness (QED) is 0.656. The maximum Gasteiger partial charge on any atom is 0.0915 e. The van der Waals surface area contributed by atoms with Gasteiger partial charge < -0.3 is 5.43 Å². The van der Waals surface area contributed by atoms with Crippen LogP contribution in [0.3, 0.4) is 0 Å². The van der Waals surface area contributed by atoms with E-state index in [1.54, 1.807) is 0 Å². The molecule has 0 unspecified atom stereocenters. The van der Waals surface area contributed by atoms with Crippen molar-refractivity contribution in [2.75, 3.05) is 5.43 Å². The molecule has 3 nitrogen and oxygen atoms in total. The Labute approximate surface area is 112 Å². The maximum absolute atomic E-state index is 6.24. The predicted molar refractivity (Wildman–Crippen MR) is 77.8 cm³/mol. The number of benzene rings is 1. The minimum Gasteiger partial charge on any atom is -0.323 e. The van der Waals surface area contributed by atoms with Crippen LogP contribution in [0.25, 0.3) is 10.9 Å². The lowest BCUT2D eigenvalue weighted by molar-refractivity contribution is 0.637. The molecule has 3 N–H and O–H groups in total. The Morgan fingerprint density at radius 1 is 1.39 bits per heavy atom. The van der Waals surface area contributed by atoms with E-state index < -0.39 is 0 Å². The van der Waals surface area contributed by atoms with Crippen LogP contribution in [0, 0.1) is 12.8 Å². The summed E-state index contributed by atoms with van der Waals surface area (Å²) in [6.45, 7) is 6.36. The number of hydrogen-bond acceptors (Lipinski definition) is 3. The number of nitrogen functional groups attached to an aromatic ring is 1. The SMILES string of the molecule is Cc1ccc(Cl)c2nc(CC(C)C)cc(NN)c12. The standard InChI is InChI=1S/C14H18ClN3/c1-8(2)6-10-7-12(18-16)13-9(3)4-5-11(15)14(13)17-10/h4-5,7-8H,6,16H2,1-3H3,(H,17,18). The van der Waals surface area contributed by atoms with E-state index in [-0.39, 0.29) is 0 Å². The van der Waals surface area contributed by atoms with Gasteiger partial charge in [-0.25, -0.2) is 0 Å². The molecule has 1 aromatic carbocycles. The smallest absolute Gasteiger partial charge is 0.0915 e. The first-order chi connectivity index (χ1) is 8.52. The van der Waals surface area contributed by atoms with Gasteiger partial charge in [0.25, 0.3) is 0 Å². The number of aryl methyl sites for hydroxylation is 1. The van der Waals surface area contributed by atoms with Gasteiger partial charge >= 0.3 is 0 Å². The van der Waals surface area contributed by atoms with Crippen molar-refractivity contribution in [1.29, 1.82) is 0 Å². The van der Waals surface area contributed by atoms with E-state index in [4.69, 9.17) is 17.4 Å². The summed E-state index contributed by atoms with van der Waals surface area (Å²) in [6.07, 6.45) is 0.912. The molecule has 0 fully saturated rings. The molecule has 0 atom stereocenters. The zero-order chi connectivity index (χ0) is 13.3. The van der Waals surface area contributed by atoms with Crippen LogP contribution in [0.1, 0.15) is 25.1 Å². The van der Waals surface area contributed by atoms with Gasteiger partial charge in [0.05, 0.1) is 16.2 Å². The Morgan fingerprint density at radius 2 is 2.11 bits per heavy atom. The van der Waals surface area contributed by atoms with Crippen LogP contribution in [-0.4, -0.2) is 4.98 Å². The van der Waals surface area contributed by atoms with Crippen LogP contribution in [0.5, 0.6) is 0 Å². The first-order valence-electron chi connectivity index (χ1n) is 6.08. The number of nitrogens with one attached hydrogen (secondary N) is 1. The zero-order valence-electron chi connectivity index (χ0n) is 10.9. The third-order valence-corrected chi connectivity index (χ3v) is 3.25. The molecule has 1 heterocycles. The highest BCUT2D eigenvalue weighted by Crippen LogP contribution is 2.31. The number of hydrazine groups is 1. The molecule has 0 saturated carbocycles. The van der Waals surface area contributed by atoms with Crippen LogP contribution in [0.2, 0.25) is 5.02 Å². The fraction of sp³-hybridized carbons (Fsp3) is 0.357. The van der Waals surface area contributed by atoms with E-state index in [0.29, 0.717) is 10.9 Å². The summed E-state index contributed by atoms with van der Waals surface area (Å²) in [5, 5.41) is 1.66. The van der Waals surface area contributed by atoms with Crippen molar-refractivity contribution in [2.24, 2.45) is 11.8 Å². The molecule has 18 heavy (non-hydrogen) atoms. The molecule has 2 rings (SSSR count). The van der Waals surface area contributed by atoms with Gasteiger partial charge in [-0.05, 0) is 37.0 Å². The molecule has 0 bridgehead atoms. The number of halogens is 1. The van der Waals surface area contributed by atoms with Crippen molar-refractivity contribution in [3.8, 4) is 0 Å². The number of nitrogens with zero attached hydrogens (tertiary/aromatic N) is 1. The Kier molecular flexibility index (Phi) is 3.73. The summed E-state index contributed by atoms with van der Waals surface area (Å²) in [7, 11) is 0. The number of nitrogens with two attached hydrogens (primary N) is 1. The highest BCUT2D eigenvalue weighted by atomic mass is 35.5. The molecule has 0 aliphatic carbocycles. The number of rotatable bonds is 3. The Hall–Kier alpha value is -1.32. The topological polar surface area (TPSA) is 50.9 Å². The van der Waals surface area contributed by atoms with Crippen molar-refractivity contribution < 1.29 is 0 Å². The molecule has 0 aliphatic rings. The average Bonchev–Trinajstić information content (AvgIpc) is 2.32. The second-order valence-electron chi connectivity index (χ2n) is 4.99. The Morgan fingerprint density at radius 3 is 2.72 bits per heavy atom. The van der Waals surface area contributed by atoms with Crippen molar-refractivity contribution in [2.45, 2.75) is 27.2 Å². The van der Waals surface area contributed by atoms with E-state index in [2.05, 4.69) is 24.3 Å². The van der Waals surface area contributed by atoms with E-state index >= 15 is 0 Å². The van der Waals surface area contributed by atoms with Gasteiger partial charge in [0.15, 0.2) is 0 Å². The third-order valence-electron chi connectivity index (χ3n) is 2.95. The normalized spacial score (nSPS) is 11.2. The van der Waals surface area contributed by atoms with Crippen LogP contribution in [0.15, 0.2) is 18.2 Å². The first-order valence-corrected chi connectivity index (χ1v) is 6.46. The largest absolute Gasteiger partial charge is 0.323 e. The van der Waals surface area contributed by atoms with Gasteiger partial charge in [-0.1, -0.05) is 31.5 Å². The van der Waals surface area contributed by atoms with Crippen molar-refractivity contribution in [3.05, 3.63) is 34.5 Å². The lowest BCUT2D eigenvalue weighted by Gasteiger charge is -2.13. The number of pyridine rings is 1. The molecule has 0 amide bonds. The van der Waals surface area contributed by atoms with Gasteiger partial charge in [0, 0.05) is 11.1 Å². The molecule has 0 saturated heterocycles. The van der Waals surface area contributed by atoms with Gasteiger partial charge in [-0.2, -0.15) is 0 Å². The average molecular weight is 264 g/mol. The van der Waals surface area contributed by atoms with E-state index in [1.807, 2.05) is 25.1 Å². The van der Waals surface area contributed by atoms with Crippen molar-refractivity contribution in [3.63, 3.8) is 0 Å². The molecule has 96 valence electrons. The maximum atomic E-state index is 6.24. The minimum absolute atomic E-state index is 0.546. The fourth-order valence-electron chi connectivity index (χ4n) is 2.17. The van der Waals surface area contributed by atoms with Crippen LogP contribution in [0.4, 0.5) is 5.69 Å². The van der Waals surface area contributed by atoms with E-state index in [0.717, 1.165) is 34.3 Å². The molecule has 1 aromatic heterocycles. The number of fused-ring (bicyclic) bond motifs is 1. The van der Waals surface area contributed by atoms with Crippen LogP contribution < -0.4 is 11.3 Å². The van der Waals surface area contributed by atoms with Gasteiger partial charge in [-0.3, -0.25) is 10.8 Å². The van der Waals surface area contributed by atoms with Gasteiger partial charge in [0.2, 0.25) is 0 Å². The molecule has 0 aliphatic heterocycles. The summed E-state index contributed by atoms with van der Waals surface area (Å²) in [6, 6.07) is 5.87. The zero-order valence-corrected chi connectivity index (χ0v) is 11.7. The first kappa shape index (κ1) is 13.1. The van der Waals surface area contributed by atoms with E-state index in [9.17, 15) is 0 Å². The summed E-state index contributed by atoms with van der Waals surface area (Å²) in [5.41, 5.74) is 6.59. The summed E-state index contributed by atoms with van der Waals surface area (Å²) in [5.74, 6) is 6.16. The lowest BCUT2D eigenvalue weighted by atomic mass is 10.0. The molecule has 2 aromatic rings. The number of anilines is 1. The monoisotopic (exact) mass is 263 g/mol. The summed E-state index contributed by atoms with van der Waals surface area (Å²) >= 11 is 6.24. The fourth-order valence-corrected chi connectivity index (χ4v) is 2.37. The Balaban J connectivity index is 2.71. The number of aromatic nitrogens is 1. The van der Waals surface area contributed by atoms with Crippen LogP contribution in [-0.2, 0) is 6.42 Å². The Bertz CT molecular complexity index is 579. The minimum atomic E-state index is 0.546. The summed E-state index contributed by atoms with van der Waals surface area (Å²) in [4.78, 5) is 4.66. The molecular formula is C14H18ClN3. The van der Waals surface area contributed by atoms with Crippen molar-refractivity contribution >= 4 is 28.2 Å². The molecule has 0 spiro atoms. The molecular weight excluding hydrogens is 246 g/mol. The molecule has 4 heteroatoms. The predicted octanol–water partition coefficient (Wildman–Crippen LogP) is 3.68. The second kappa shape index (κ2) is 5.12. The van der Waals surface area contributed by atoms with Gasteiger partial charge in [0.1, 0.15) is 0 Å². The second-order valence-corrected chi connectivity index (χ2v) is 5.40. The van der Waals surface area contributed by atoms with E-state index in [1.165, 1.54) is 0 Å². The summed E-state index contributed by atoms with van der Waals surface area (Å²) < 4.78 is 0. The highest BCUT2D eigenvalue weighted by molar-refractivity contribution is 6.35. The third kappa shape index (κ3) is 2.42. The lowest BCUT2D eigenvalue weighted by Crippen LogP contribution is -2.09. The van der Waals surface area contributed by atoms with Crippen molar-refractivity contribution in [1.82, 2.24) is 4.98 Å². The molecule has 0 radical (unpaired) electrons.